The van der Waals surface area contributed by atoms with Gasteiger partial charge in [0.05, 0.1) is 18.1 Å². The van der Waals surface area contributed by atoms with Crippen molar-refractivity contribution >= 4 is 28.6 Å². The van der Waals surface area contributed by atoms with Crippen molar-refractivity contribution in [2.75, 3.05) is 7.11 Å². The van der Waals surface area contributed by atoms with Gasteiger partial charge in [0, 0.05) is 11.1 Å². The monoisotopic (exact) mass is 290 g/mol. The van der Waals surface area contributed by atoms with Crippen LogP contribution in [-0.4, -0.2) is 22.6 Å². The molecule has 0 amide bonds. The highest BCUT2D eigenvalue weighted by Crippen LogP contribution is 2.52. The van der Waals surface area contributed by atoms with Gasteiger partial charge in [-0.2, -0.15) is 0 Å². The van der Waals surface area contributed by atoms with Crippen LogP contribution in [0.5, 0.6) is 0 Å². The molecule has 2 aliphatic rings. The summed E-state index contributed by atoms with van der Waals surface area (Å²) in [6, 6.07) is 6.22. The first-order valence-corrected chi connectivity index (χ1v) is 7.30. The van der Waals surface area contributed by atoms with Gasteiger partial charge in [-0.3, -0.25) is 4.79 Å². The third kappa shape index (κ3) is 1.61. The van der Waals surface area contributed by atoms with Crippen LogP contribution in [0.4, 0.5) is 0 Å². The summed E-state index contributed by atoms with van der Waals surface area (Å²) in [5.74, 6) is 0.699. The van der Waals surface area contributed by atoms with Gasteiger partial charge in [-0.15, -0.1) is 0 Å². The Balaban J connectivity index is 1.95. The number of methoxy groups -OCH3 is 1. The van der Waals surface area contributed by atoms with Crippen molar-refractivity contribution in [3.05, 3.63) is 29.0 Å². The fraction of sp³-hybridized carbons (Fsp3) is 0.467. The van der Waals surface area contributed by atoms with Gasteiger partial charge >= 0.3 is 5.97 Å². The fourth-order valence-electron chi connectivity index (χ4n) is 2.95. The highest BCUT2D eigenvalue weighted by molar-refractivity contribution is 6.31. The van der Waals surface area contributed by atoms with Gasteiger partial charge in [-0.25, -0.2) is 4.98 Å². The number of carbonyl (C=O) groups excluding carboxylic acids is 1. The van der Waals surface area contributed by atoms with E-state index in [2.05, 4.69) is 4.57 Å². The Labute approximate surface area is 121 Å². The SMILES string of the molecule is COC(=O)C1(c2nc3cc(Cl)ccc3n2C2CC2)CC1. The van der Waals surface area contributed by atoms with Gasteiger partial charge in [0.1, 0.15) is 11.2 Å². The van der Waals surface area contributed by atoms with Crippen molar-refractivity contribution in [3.8, 4) is 0 Å². The number of hydrogen-bond acceptors (Lipinski definition) is 3. The maximum Gasteiger partial charge on any atom is 0.319 e. The molecule has 0 bridgehead atoms. The largest absolute Gasteiger partial charge is 0.468 e. The average molecular weight is 291 g/mol. The zero-order valence-electron chi connectivity index (χ0n) is 11.2. The number of imidazole rings is 1. The molecule has 1 aromatic carbocycles. The summed E-state index contributed by atoms with van der Waals surface area (Å²) >= 11 is 6.05. The zero-order chi connectivity index (χ0) is 13.9. The first kappa shape index (κ1) is 12.2. The van der Waals surface area contributed by atoms with Crippen molar-refractivity contribution in [1.82, 2.24) is 9.55 Å². The highest BCUT2D eigenvalue weighted by Gasteiger charge is 2.57. The number of halogens is 1. The first-order chi connectivity index (χ1) is 9.65. The van der Waals surface area contributed by atoms with E-state index in [-0.39, 0.29) is 5.97 Å². The van der Waals surface area contributed by atoms with Crippen LogP contribution in [0.1, 0.15) is 37.5 Å². The molecule has 0 unspecified atom stereocenters. The first-order valence-electron chi connectivity index (χ1n) is 6.92. The molecule has 5 heteroatoms. The van der Waals surface area contributed by atoms with E-state index >= 15 is 0 Å². The van der Waals surface area contributed by atoms with E-state index in [0.29, 0.717) is 11.1 Å². The standard InChI is InChI=1S/C15H15ClN2O2/c1-20-14(19)15(6-7-15)13-17-11-8-9(16)2-5-12(11)18(13)10-3-4-10/h2,5,8,10H,3-4,6-7H2,1H3. The summed E-state index contributed by atoms with van der Waals surface area (Å²) in [6.45, 7) is 0. The number of aromatic nitrogens is 2. The Bertz CT molecular complexity index is 714. The van der Waals surface area contributed by atoms with Crippen LogP contribution in [0.15, 0.2) is 18.2 Å². The van der Waals surface area contributed by atoms with Crippen LogP contribution < -0.4 is 0 Å². The number of esters is 1. The molecular formula is C15H15ClN2O2. The molecule has 0 atom stereocenters. The van der Waals surface area contributed by atoms with Crippen molar-refractivity contribution < 1.29 is 9.53 Å². The fourth-order valence-corrected chi connectivity index (χ4v) is 3.12. The Kier molecular flexibility index (Phi) is 2.43. The Morgan fingerprint density at radius 3 is 2.80 bits per heavy atom. The zero-order valence-corrected chi connectivity index (χ0v) is 12.0. The number of carbonyl (C=O) groups is 1. The van der Waals surface area contributed by atoms with Crippen LogP contribution in [-0.2, 0) is 14.9 Å². The molecule has 2 aromatic rings. The number of fused-ring (bicyclic) bond motifs is 1. The molecule has 2 saturated carbocycles. The van der Waals surface area contributed by atoms with E-state index in [1.165, 1.54) is 7.11 Å². The minimum Gasteiger partial charge on any atom is -0.468 e. The van der Waals surface area contributed by atoms with E-state index < -0.39 is 5.41 Å². The number of benzene rings is 1. The summed E-state index contributed by atoms with van der Waals surface area (Å²) in [5, 5.41) is 0.674. The topological polar surface area (TPSA) is 44.1 Å². The summed E-state index contributed by atoms with van der Waals surface area (Å²) in [4.78, 5) is 16.8. The molecule has 4 rings (SSSR count). The maximum atomic E-state index is 12.1. The minimum atomic E-state index is -0.525. The number of ether oxygens (including phenoxy) is 1. The van der Waals surface area contributed by atoms with Gasteiger partial charge in [-0.05, 0) is 43.9 Å². The summed E-state index contributed by atoms with van der Waals surface area (Å²) < 4.78 is 7.22. The minimum absolute atomic E-state index is 0.166. The molecule has 0 aliphatic heterocycles. The van der Waals surface area contributed by atoms with Crippen molar-refractivity contribution in [3.63, 3.8) is 0 Å². The van der Waals surface area contributed by atoms with Crippen LogP contribution in [0.3, 0.4) is 0 Å². The van der Waals surface area contributed by atoms with E-state index in [9.17, 15) is 4.79 Å². The summed E-state index contributed by atoms with van der Waals surface area (Å²) in [5.41, 5.74) is 1.42. The predicted molar refractivity (Wildman–Crippen MR) is 75.9 cm³/mol. The molecule has 2 aliphatic carbocycles. The number of rotatable bonds is 3. The molecule has 104 valence electrons. The molecule has 2 fully saturated rings. The van der Waals surface area contributed by atoms with Gasteiger partial charge < -0.3 is 9.30 Å². The lowest BCUT2D eigenvalue weighted by Crippen LogP contribution is -2.26. The van der Waals surface area contributed by atoms with Crippen LogP contribution in [0.2, 0.25) is 5.02 Å². The van der Waals surface area contributed by atoms with Gasteiger partial charge in [0.2, 0.25) is 0 Å². The second-order valence-corrected chi connectivity index (χ2v) is 6.18. The Hall–Kier alpha value is -1.55. The third-order valence-corrected chi connectivity index (χ3v) is 4.55. The van der Waals surface area contributed by atoms with Crippen molar-refractivity contribution in [1.29, 1.82) is 0 Å². The van der Waals surface area contributed by atoms with Crippen LogP contribution in [0.25, 0.3) is 11.0 Å². The van der Waals surface area contributed by atoms with E-state index in [1.54, 1.807) is 0 Å². The second-order valence-electron chi connectivity index (χ2n) is 5.74. The maximum absolute atomic E-state index is 12.1. The molecule has 4 nitrogen and oxygen atoms in total. The average Bonchev–Trinajstić information content (AvgIpc) is 3.35. The molecule has 1 aromatic heterocycles. The molecular weight excluding hydrogens is 276 g/mol. The second kappa shape index (κ2) is 3.98. The van der Waals surface area contributed by atoms with Gasteiger partial charge in [-0.1, -0.05) is 11.6 Å². The van der Waals surface area contributed by atoms with Crippen LogP contribution in [0, 0.1) is 0 Å². The van der Waals surface area contributed by atoms with E-state index in [0.717, 1.165) is 42.5 Å². The smallest absolute Gasteiger partial charge is 0.319 e. The van der Waals surface area contributed by atoms with E-state index in [4.69, 9.17) is 21.3 Å². The van der Waals surface area contributed by atoms with E-state index in [1.807, 2.05) is 18.2 Å². The van der Waals surface area contributed by atoms with Gasteiger partial charge in [0.25, 0.3) is 0 Å². The molecule has 0 saturated heterocycles. The molecule has 0 N–H and O–H groups in total. The molecule has 0 spiro atoms. The molecule has 20 heavy (non-hydrogen) atoms. The molecule has 1 heterocycles. The van der Waals surface area contributed by atoms with Crippen molar-refractivity contribution in [2.45, 2.75) is 37.1 Å². The normalized spacial score (nSPS) is 20.1. The lowest BCUT2D eigenvalue weighted by molar-refractivity contribution is -0.144. The lowest BCUT2D eigenvalue weighted by Gasteiger charge is -2.15. The predicted octanol–water partition coefficient (Wildman–Crippen LogP) is 3.23. The Morgan fingerprint density at radius 2 is 2.20 bits per heavy atom. The Morgan fingerprint density at radius 1 is 1.45 bits per heavy atom. The quantitative estimate of drug-likeness (QED) is 0.815. The highest BCUT2D eigenvalue weighted by atomic mass is 35.5. The third-order valence-electron chi connectivity index (χ3n) is 4.32. The van der Waals surface area contributed by atoms with Crippen molar-refractivity contribution in [2.24, 2.45) is 0 Å². The van der Waals surface area contributed by atoms with Gasteiger partial charge in [0.15, 0.2) is 0 Å². The summed E-state index contributed by atoms with van der Waals surface area (Å²) in [6.07, 6.45) is 3.95. The van der Waals surface area contributed by atoms with Crippen LogP contribution >= 0.6 is 11.6 Å². The lowest BCUT2D eigenvalue weighted by atomic mass is 10.1. The summed E-state index contributed by atoms with van der Waals surface area (Å²) in [7, 11) is 1.45. The number of hydrogen-bond donors (Lipinski definition) is 0. The molecule has 0 radical (unpaired) electrons. The number of nitrogens with zero attached hydrogens (tertiary/aromatic N) is 2.